The summed E-state index contributed by atoms with van der Waals surface area (Å²) >= 11 is 0. The van der Waals surface area contributed by atoms with Crippen LogP contribution in [-0.2, 0) is 34.6 Å². The van der Waals surface area contributed by atoms with E-state index < -0.39 is 8.80 Å². The normalized spacial score (nSPS) is 15.7. The van der Waals surface area contributed by atoms with E-state index in [0.29, 0.717) is 5.92 Å². The van der Waals surface area contributed by atoms with Crippen LogP contribution in [0.25, 0.3) is 0 Å². The van der Waals surface area contributed by atoms with E-state index in [0.717, 1.165) is 12.8 Å². The first-order chi connectivity index (χ1) is 12.9. The predicted octanol–water partition coefficient (Wildman–Crippen LogP) is 5.77. The van der Waals surface area contributed by atoms with Crippen LogP contribution in [0.3, 0.4) is 0 Å². The summed E-state index contributed by atoms with van der Waals surface area (Å²) < 4.78 is 0. The molecule has 0 aromatic heterocycles. The summed E-state index contributed by atoms with van der Waals surface area (Å²) in [4.78, 5) is 0. The van der Waals surface area contributed by atoms with E-state index in [-0.39, 0.29) is 21.7 Å². The van der Waals surface area contributed by atoms with Crippen LogP contribution in [0.5, 0.6) is 0 Å². The molecule has 0 nitrogen and oxygen atoms in total. The van der Waals surface area contributed by atoms with Crippen LogP contribution in [0.2, 0.25) is 6.55 Å². The number of allylic oxidation sites excluding steroid dienone is 4. The molecule has 147 valence electrons. The minimum absolute atomic E-state index is 0. The Morgan fingerprint density at radius 1 is 0.857 bits per heavy atom. The Labute approximate surface area is 189 Å². The van der Waals surface area contributed by atoms with Crippen LogP contribution < -0.4 is 10.4 Å². The number of hydrogen-bond acceptors (Lipinski definition) is 0. The zero-order valence-corrected chi connectivity index (χ0v) is 21.2. The second-order valence-electron chi connectivity index (χ2n) is 7.54. The van der Waals surface area contributed by atoms with Gasteiger partial charge in [-0.1, -0.05) is 106 Å². The second kappa shape index (κ2) is 11.8. The molecule has 2 aromatic carbocycles. The first-order valence-corrected chi connectivity index (χ1v) is 12.2. The largest absolute Gasteiger partial charge is 0.266 e. The summed E-state index contributed by atoms with van der Waals surface area (Å²) in [6.45, 7) is 15.5. The van der Waals surface area contributed by atoms with Gasteiger partial charge in [0.25, 0.3) is 0 Å². The van der Waals surface area contributed by atoms with Gasteiger partial charge >= 0.3 is 0 Å². The number of rotatable bonds is 4. The SMILES string of the molecule is CC1=[C-]C(C)C(C)=C1C.CCc1cc(CC)cc([Si](C)c2ccccc2)c1.[Ti]. The van der Waals surface area contributed by atoms with Crippen LogP contribution >= 0.6 is 0 Å². The molecule has 0 saturated carbocycles. The molecule has 0 amide bonds. The van der Waals surface area contributed by atoms with Crippen LogP contribution in [0, 0.1) is 12.0 Å². The van der Waals surface area contributed by atoms with Gasteiger partial charge in [-0.2, -0.15) is 11.1 Å². The smallest absolute Gasteiger partial charge is 0.118 e. The zero-order chi connectivity index (χ0) is 20.0. The maximum Gasteiger partial charge on any atom is 0.118 e. The predicted molar refractivity (Wildman–Crippen MR) is 122 cm³/mol. The van der Waals surface area contributed by atoms with Crippen LogP contribution in [0.15, 0.2) is 65.3 Å². The molecule has 1 atom stereocenters. The summed E-state index contributed by atoms with van der Waals surface area (Å²) in [6, 6.07) is 18.1. The van der Waals surface area contributed by atoms with Crippen molar-refractivity contribution in [3.8, 4) is 0 Å². The van der Waals surface area contributed by atoms with Crippen molar-refractivity contribution in [2.75, 3.05) is 0 Å². The van der Waals surface area contributed by atoms with Gasteiger partial charge in [-0.25, -0.2) is 5.57 Å². The Hall–Kier alpha value is -1.15. The molecule has 0 bridgehead atoms. The van der Waals surface area contributed by atoms with Crippen molar-refractivity contribution in [2.45, 2.75) is 60.9 Å². The first-order valence-electron chi connectivity index (χ1n) is 10.2. The van der Waals surface area contributed by atoms with Gasteiger partial charge in [0.2, 0.25) is 0 Å². The number of hydrogen-bond donors (Lipinski definition) is 0. The Morgan fingerprint density at radius 2 is 1.39 bits per heavy atom. The first kappa shape index (κ1) is 24.9. The second-order valence-corrected chi connectivity index (χ2v) is 9.94. The molecule has 28 heavy (non-hydrogen) atoms. The fraction of sp³-hybridized carbons (Fsp3) is 0.385. The van der Waals surface area contributed by atoms with Crippen LogP contribution in [0.1, 0.15) is 52.7 Å². The molecule has 1 unspecified atom stereocenters. The molecular formula is C26H34SiTi-. The fourth-order valence-electron chi connectivity index (χ4n) is 3.40. The standard InChI is InChI=1S/C17H21Si.C9H13.Ti/c1-4-14-11-15(5-2)13-17(12-14)18(3)16-9-7-6-8-10-16;1-6-5-7(2)9(4)8(6)3;/h6-13H,4-5H2,1-3H3;6H,1-4H3;/q;-1;. The Bertz CT molecular complexity index is 795. The maximum absolute atomic E-state index is 3.36. The third-order valence-electron chi connectivity index (χ3n) is 5.75. The van der Waals surface area contributed by atoms with Gasteiger partial charge in [0.1, 0.15) is 8.80 Å². The van der Waals surface area contributed by atoms with Crippen LogP contribution in [-0.4, -0.2) is 8.80 Å². The van der Waals surface area contributed by atoms with Gasteiger partial charge in [0.05, 0.1) is 0 Å². The van der Waals surface area contributed by atoms with E-state index in [1.54, 1.807) is 5.19 Å². The summed E-state index contributed by atoms with van der Waals surface area (Å²) in [5.41, 5.74) is 7.20. The zero-order valence-electron chi connectivity index (χ0n) is 18.6. The summed E-state index contributed by atoms with van der Waals surface area (Å²) in [5.74, 6) is 0.560. The Balaban J connectivity index is 0.000000332. The van der Waals surface area contributed by atoms with Gasteiger partial charge in [0.15, 0.2) is 0 Å². The van der Waals surface area contributed by atoms with Crippen molar-refractivity contribution < 1.29 is 21.7 Å². The molecule has 1 aliphatic carbocycles. The molecule has 1 radical (unpaired) electrons. The molecule has 0 saturated heterocycles. The van der Waals surface area contributed by atoms with E-state index >= 15 is 0 Å². The molecule has 2 aromatic rings. The molecule has 3 rings (SSSR count). The third kappa shape index (κ3) is 6.44. The fourth-order valence-corrected chi connectivity index (χ4v) is 5.23. The summed E-state index contributed by atoms with van der Waals surface area (Å²) in [5, 5.41) is 3.04. The Kier molecular flexibility index (Phi) is 10.4. The molecule has 0 heterocycles. The summed E-state index contributed by atoms with van der Waals surface area (Å²) in [7, 11) is -0.609. The Morgan fingerprint density at radius 3 is 1.75 bits per heavy atom. The molecular weight excluding hydrogens is 388 g/mol. The molecule has 0 N–H and O–H groups in total. The van der Waals surface area contributed by atoms with Crippen molar-refractivity contribution in [3.05, 3.63) is 82.5 Å². The quantitative estimate of drug-likeness (QED) is 0.433. The van der Waals surface area contributed by atoms with Crippen molar-refractivity contribution in [3.63, 3.8) is 0 Å². The number of aryl methyl sites for hydroxylation is 2. The van der Waals surface area contributed by atoms with Gasteiger partial charge in [-0.3, -0.25) is 6.08 Å². The molecule has 0 fully saturated rings. The third-order valence-corrected chi connectivity index (χ3v) is 8.10. The van der Waals surface area contributed by atoms with E-state index in [1.165, 1.54) is 33.0 Å². The van der Waals surface area contributed by atoms with E-state index in [2.05, 4.69) is 103 Å². The van der Waals surface area contributed by atoms with Crippen LogP contribution in [0.4, 0.5) is 0 Å². The average Bonchev–Trinajstić information content (AvgIpc) is 2.93. The van der Waals surface area contributed by atoms with Gasteiger partial charge in [0, 0.05) is 21.7 Å². The summed E-state index contributed by atoms with van der Waals surface area (Å²) in [6.07, 6.45) is 5.62. The molecule has 0 spiro atoms. The maximum atomic E-state index is 3.36. The molecule has 0 aliphatic heterocycles. The minimum Gasteiger partial charge on any atom is -0.266 e. The monoisotopic (exact) mass is 422 g/mol. The van der Waals surface area contributed by atoms with Gasteiger partial charge < -0.3 is 0 Å². The van der Waals surface area contributed by atoms with Crippen molar-refractivity contribution >= 4 is 19.2 Å². The minimum atomic E-state index is -0.609. The van der Waals surface area contributed by atoms with E-state index in [1.807, 2.05) is 0 Å². The van der Waals surface area contributed by atoms with Crippen molar-refractivity contribution in [2.24, 2.45) is 5.92 Å². The average molecular weight is 423 g/mol. The van der Waals surface area contributed by atoms with Gasteiger partial charge in [-0.05, 0) is 24.0 Å². The van der Waals surface area contributed by atoms with E-state index in [4.69, 9.17) is 0 Å². The van der Waals surface area contributed by atoms with E-state index in [9.17, 15) is 0 Å². The molecule has 2 heteroatoms. The van der Waals surface area contributed by atoms with Gasteiger partial charge in [-0.15, -0.1) is 6.92 Å². The number of benzene rings is 2. The van der Waals surface area contributed by atoms with Crippen molar-refractivity contribution in [1.29, 1.82) is 0 Å². The molecule has 1 aliphatic rings. The van der Waals surface area contributed by atoms with Crippen molar-refractivity contribution in [1.82, 2.24) is 0 Å². The topological polar surface area (TPSA) is 0 Å².